The van der Waals surface area contributed by atoms with Gasteiger partial charge in [-0.1, -0.05) is 23.7 Å². The normalized spacial score (nSPS) is 18.0. The van der Waals surface area contributed by atoms with Gasteiger partial charge in [0.15, 0.2) is 15.7 Å². The molecule has 1 N–H and O–H groups in total. The molecule has 9 heteroatoms. The first-order valence-corrected chi connectivity index (χ1v) is 10.2. The van der Waals surface area contributed by atoms with E-state index in [1.807, 2.05) is 0 Å². The molecule has 2 heterocycles. The lowest BCUT2D eigenvalue weighted by atomic mass is 10.2. The number of hydrogen-bond donors (Lipinski definition) is 1. The molecular formula is C19H13ClFN3O3S. The number of hydroxylamine groups is 2. The van der Waals surface area contributed by atoms with Crippen LogP contribution in [-0.4, -0.2) is 18.7 Å². The molecule has 2 aromatic carbocycles. The smallest absolute Gasteiger partial charge is 0.182 e. The van der Waals surface area contributed by atoms with Crippen molar-refractivity contribution in [3.63, 3.8) is 0 Å². The summed E-state index contributed by atoms with van der Waals surface area (Å²) in [6, 6.07) is 8.19. The third-order valence-electron chi connectivity index (χ3n) is 4.19. The minimum absolute atomic E-state index is 0.00531. The number of nitrogens with zero attached hydrogens (tertiary/aromatic N) is 3. The van der Waals surface area contributed by atoms with Crippen LogP contribution in [0.4, 0.5) is 4.39 Å². The third-order valence-corrected chi connectivity index (χ3v) is 6.09. The molecule has 0 aromatic heterocycles. The standard InChI is InChI=1S/C19H13ClFN3O3S/c20-13-5-4-12(15(21)9-13)11-28(26,27)14-6-7-16-17(10-14)23-19(22-16)18-3-1-2-8-24(18)25/h1-10,25H,11H2/b19-18-. The first-order valence-electron chi connectivity index (χ1n) is 8.15. The van der Waals surface area contributed by atoms with Crippen LogP contribution in [0, 0.1) is 5.82 Å². The Morgan fingerprint density at radius 2 is 1.86 bits per heavy atom. The van der Waals surface area contributed by atoms with Gasteiger partial charge in [-0.3, -0.25) is 5.21 Å². The third kappa shape index (κ3) is 3.49. The average molecular weight is 418 g/mol. The van der Waals surface area contributed by atoms with Crippen molar-refractivity contribution in [3.05, 3.63) is 99.5 Å². The Bertz CT molecular complexity index is 1300. The Morgan fingerprint density at radius 1 is 1.07 bits per heavy atom. The van der Waals surface area contributed by atoms with Crippen molar-refractivity contribution in [1.82, 2.24) is 5.06 Å². The van der Waals surface area contributed by atoms with Crippen molar-refractivity contribution < 1.29 is 18.0 Å². The van der Waals surface area contributed by atoms with Crippen molar-refractivity contribution in [2.75, 3.05) is 0 Å². The summed E-state index contributed by atoms with van der Waals surface area (Å²) in [5.74, 6) is -0.918. The maximum Gasteiger partial charge on any atom is 0.182 e. The highest BCUT2D eigenvalue weighted by Gasteiger charge is 2.20. The van der Waals surface area contributed by atoms with Gasteiger partial charge in [-0.2, -0.15) is 0 Å². The summed E-state index contributed by atoms with van der Waals surface area (Å²) in [6.45, 7) is 0. The highest BCUT2D eigenvalue weighted by Crippen LogP contribution is 2.21. The van der Waals surface area contributed by atoms with Crippen LogP contribution in [0.5, 0.6) is 0 Å². The fourth-order valence-corrected chi connectivity index (χ4v) is 4.32. The second-order valence-electron chi connectivity index (χ2n) is 6.12. The van der Waals surface area contributed by atoms with E-state index in [2.05, 4.69) is 9.98 Å². The number of fused-ring (bicyclic) bond motifs is 1. The fraction of sp³-hybridized carbons (Fsp3) is 0.0526. The van der Waals surface area contributed by atoms with Gasteiger partial charge >= 0.3 is 0 Å². The fourth-order valence-electron chi connectivity index (χ4n) is 2.79. The lowest BCUT2D eigenvalue weighted by Gasteiger charge is -2.15. The monoisotopic (exact) mass is 417 g/mol. The molecule has 0 amide bonds. The van der Waals surface area contributed by atoms with Crippen LogP contribution in [0.25, 0.3) is 0 Å². The van der Waals surface area contributed by atoms with E-state index in [-0.39, 0.29) is 21.3 Å². The molecule has 0 atom stereocenters. The SMILES string of the molecule is O=S(=O)(Cc1ccc(Cl)cc1F)c1ccc2c(c1)=N/C(=C1/C=CC=CN1O)N=2. The second-order valence-corrected chi connectivity index (χ2v) is 8.55. The summed E-state index contributed by atoms with van der Waals surface area (Å²) in [5, 5.41) is 11.8. The Balaban J connectivity index is 1.71. The number of halogens is 2. The molecule has 0 aliphatic carbocycles. The zero-order valence-corrected chi connectivity index (χ0v) is 15.8. The Hall–Kier alpha value is -2.81. The predicted molar refractivity (Wildman–Crippen MR) is 100.0 cm³/mol. The molecule has 4 rings (SSSR count). The lowest BCUT2D eigenvalue weighted by Crippen LogP contribution is -2.23. The van der Waals surface area contributed by atoms with Gasteiger partial charge in [-0.05, 0) is 42.5 Å². The van der Waals surface area contributed by atoms with Crippen LogP contribution in [0.3, 0.4) is 0 Å². The van der Waals surface area contributed by atoms with Gasteiger partial charge in [0, 0.05) is 16.8 Å². The minimum Gasteiger partial charge on any atom is -0.284 e. The van der Waals surface area contributed by atoms with Crippen molar-refractivity contribution >= 4 is 21.4 Å². The highest BCUT2D eigenvalue weighted by atomic mass is 35.5. The van der Waals surface area contributed by atoms with Crippen LogP contribution in [0.2, 0.25) is 5.02 Å². The summed E-state index contributed by atoms with van der Waals surface area (Å²) < 4.78 is 39.4. The molecule has 0 bridgehead atoms. The van der Waals surface area contributed by atoms with Gasteiger partial charge in [-0.15, -0.1) is 0 Å². The van der Waals surface area contributed by atoms with Crippen molar-refractivity contribution in [2.45, 2.75) is 10.6 Å². The van der Waals surface area contributed by atoms with Gasteiger partial charge in [0.25, 0.3) is 0 Å². The molecule has 0 radical (unpaired) electrons. The second kappa shape index (κ2) is 6.97. The summed E-state index contributed by atoms with van der Waals surface area (Å²) in [5.41, 5.74) is 0.399. The molecule has 142 valence electrons. The Morgan fingerprint density at radius 3 is 2.61 bits per heavy atom. The topological polar surface area (TPSA) is 82.3 Å². The van der Waals surface area contributed by atoms with Crippen LogP contribution in [0.15, 0.2) is 87.2 Å². The van der Waals surface area contributed by atoms with Gasteiger partial charge in [0.2, 0.25) is 0 Å². The van der Waals surface area contributed by atoms with Gasteiger partial charge < -0.3 is 0 Å². The number of hydrogen-bond acceptors (Lipinski definition) is 6. The van der Waals surface area contributed by atoms with Crippen LogP contribution in [0.1, 0.15) is 5.56 Å². The summed E-state index contributed by atoms with van der Waals surface area (Å²) >= 11 is 5.71. The van der Waals surface area contributed by atoms with Crippen molar-refractivity contribution in [2.24, 2.45) is 9.98 Å². The highest BCUT2D eigenvalue weighted by molar-refractivity contribution is 7.90. The molecule has 2 aliphatic rings. The summed E-state index contributed by atoms with van der Waals surface area (Å²) in [7, 11) is -3.81. The molecule has 0 saturated heterocycles. The van der Waals surface area contributed by atoms with Crippen molar-refractivity contribution in [3.8, 4) is 0 Å². The van der Waals surface area contributed by atoms with Crippen LogP contribution in [-0.2, 0) is 15.6 Å². The van der Waals surface area contributed by atoms with E-state index in [1.54, 1.807) is 18.2 Å². The van der Waals surface area contributed by atoms with Crippen LogP contribution >= 0.6 is 11.6 Å². The molecular weight excluding hydrogens is 405 g/mol. The summed E-state index contributed by atoms with van der Waals surface area (Å²) in [6.07, 6.45) is 6.44. The molecule has 0 fully saturated rings. The van der Waals surface area contributed by atoms with E-state index in [0.717, 1.165) is 11.1 Å². The van der Waals surface area contributed by atoms with E-state index in [9.17, 15) is 18.0 Å². The lowest BCUT2D eigenvalue weighted by molar-refractivity contribution is -0.00154. The first-order chi connectivity index (χ1) is 13.3. The molecule has 2 aliphatic heterocycles. The molecule has 0 spiro atoms. The quantitative estimate of drug-likeness (QED) is 0.832. The largest absolute Gasteiger partial charge is 0.284 e. The molecule has 6 nitrogen and oxygen atoms in total. The van der Waals surface area contributed by atoms with Crippen molar-refractivity contribution in [1.29, 1.82) is 0 Å². The van der Waals surface area contributed by atoms with E-state index in [4.69, 9.17) is 11.6 Å². The van der Waals surface area contributed by atoms with E-state index in [0.29, 0.717) is 16.4 Å². The van der Waals surface area contributed by atoms with E-state index < -0.39 is 21.4 Å². The molecule has 28 heavy (non-hydrogen) atoms. The maximum absolute atomic E-state index is 14.0. The zero-order valence-electron chi connectivity index (χ0n) is 14.3. The van der Waals surface area contributed by atoms with Gasteiger partial charge in [0.1, 0.15) is 11.5 Å². The van der Waals surface area contributed by atoms with E-state index in [1.165, 1.54) is 36.5 Å². The number of allylic oxidation sites excluding steroid dienone is 3. The average Bonchev–Trinajstić information content (AvgIpc) is 3.07. The Kier molecular flexibility index (Phi) is 4.62. The predicted octanol–water partition coefficient (Wildman–Crippen LogP) is 2.65. The zero-order chi connectivity index (χ0) is 19.9. The molecule has 0 unspecified atom stereocenters. The summed E-state index contributed by atoms with van der Waals surface area (Å²) in [4.78, 5) is 8.62. The Labute approximate surface area is 164 Å². The molecule has 2 aromatic rings. The maximum atomic E-state index is 14.0. The van der Waals surface area contributed by atoms with Gasteiger partial charge in [-0.25, -0.2) is 27.9 Å². The number of benzene rings is 2. The van der Waals surface area contributed by atoms with Gasteiger partial charge in [0.05, 0.1) is 21.4 Å². The first kappa shape index (κ1) is 18.5. The van der Waals surface area contributed by atoms with E-state index >= 15 is 0 Å². The number of sulfone groups is 1. The molecule has 0 saturated carbocycles. The minimum atomic E-state index is -3.81. The van der Waals surface area contributed by atoms with Crippen LogP contribution < -0.4 is 10.7 Å². The number of rotatable bonds is 3.